The molecule has 1 aromatic heterocycles. The minimum atomic E-state index is -1.09. The Hall–Kier alpha value is -3.58. The predicted octanol–water partition coefficient (Wildman–Crippen LogP) is 0.102. The highest BCUT2D eigenvalue weighted by molar-refractivity contribution is 7.98. The van der Waals surface area contributed by atoms with E-state index in [9.17, 15) is 29.1 Å². The van der Waals surface area contributed by atoms with Crippen molar-refractivity contribution in [3.8, 4) is 0 Å². The molecule has 39 heavy (non-hydrogen) atoms. The zero-order valence-corrected chi connectivity index (χ0v) is 22.7. The number of hydrogen-bond donors (Lipinski definition) is 6. The van der Waals surface area contributed by atoms with E-state index < -0.39 is 53.8 Å². The van der Waals surface area contributed by atoms with Gasteiger partial charge in [-0.15, -0.1) is 0 Å². The van der Waals surface area contributed by atoms with Crippen LogP contribution < -0.4 is 22.1 Å². The van der Waals surface area contributed by atoms with Crippen molar-refractivity contribution in [2.75, 3.05) is 18.6 Å². The van der Waals surface area contributed by atoms with Crippen LogP contribution in [-0.2, 0) is 30.4 Å². The van der Waals surface area contributed by atoms with Gasteiger partial charge in [0.2, 0.25) is 23.6 Å². The number of nitrogens with zero attached hydrogens (tertiary/aromatic N) is 1. The number of aromatic amines is 1. The van der Waals surface area contributed by atoms with Crippen LogP contribution in [0.15, 0.2) is 30.5 Å². The molecular weight excluding hydrogens is 524 g/mol. The number of hydrogen-bond acceptors (Lipinski definition) is 7. The highest BCUT2D eigenvalue weighted by Gasteiger charge is 2.38. The summed E-state index contributed by atoms with van der Waals surface area (Å²) in [6.07, 6.45) is 4.87. The summed E-state index contributed by atoms with van der Waals surface area (Å²) in [4.78, 5) is 67.1. The number of nitrogens with one attached hydrogen (secondary N) is 3. The van der Waals surface area contributed by atoms with Crippen molar-refractivity contribution in [3.05, 3.63) is 36.0 Å². The molecule has 0 saturated carbocycles. The number of benzene rings is 1. The fraction of sp³-hybridized carbons (Fsp3) is 0.500. The first-order valence-corrected chi connectivity index (χ1v) is 14.2. The number of carboxylic acid groups (broad SMARTS) is 1. The molecular formula is C26H36N6O6S. The number of amides is 4. The maximum Gasteiger partial charge on any atom is 0.326 e. The van der Waals surface area contributed by atoms with Gasteiger partial charge in [-0.05, 0) is 49.3 Å². The average molecular weight is 561 g/mol. The highest BCUT2D eigenvalue weighted by atomic mass is 32.2. The van der Waals surface area contributed by atoms with Gasteiger partial charge in [0.05, 0.1) is 6.04 Å². The minimum absolute atomic E-state index is 0.0330. The van der Waals surface area contributed by atoms with E-state index in [0.717, 1.165) is 16.5 Å². The number of thioether (sulfide) groups is 1. The molecule has 2 aromatic rings. The number of nitrogens with two attached hydrogens (primary N) is 2. The second-order valence-corrected chi connectivity index (χ2v) is 10.6. The summed E-state index contributed by atoms with van der Waals surface area (Å²) in [7, 11) is 0. The van der Waals surface area contributed by atoms with Crippen molar-refractivity contribution in [1.29, 1.82) is 0 Å². The zero-order chi connectivity index (χ0) is 28.5. The van der Waals surface area contributed by atoms with Crippen LogP contribution in [0.2, 0.25) is 0 Å². The van der Waals surface area contributed by atoms with E-state index in [4.69, 9.17) is 11.5 Å². The van der Waals surface area contributed by atoms with Gasteiger partial charge < -0.3 is 37.1 Å². The molecule has 4 amide bonds. The van der Waals surface area contributed by atoms with Gasteiger partial charge in [0.15, 0.2) is 0 Å². The van der Waals surface area contributed by atoms with E-state index in [-0.39, 0.29) is 32.2 Å². The van der Waals surface area contributed by atoms with E-state index in [2.05, 4.69) is 15.6 Å². The van der Waals surface area contributed by atoms with E-state index in [1.54, 1.807) is 6.20 Å². The van der Waals surface area contributed by atoms with Crippen molar-refractivity contribution in [1.82, 2.24) is 20.5 Å². The van der Waals surface area contributed by atoms with E-state index in [1.165, 1.54) is 16.7 Å². The largest absolute Gasteiger partial charge is 0.480 e. The molecule has 0 spiro atoms. The molecule has 1 aliphatic heterocycles. The van der Waals surface area contributed by atoms with Gasteiger partial charge in [0.25, 0.3) is 0 Å². The van der Waals surface area contributed by atoms with Crippen LogP contribution in [0.5, 0.6) is 0 Å². The number of fused-ring (bicyclic) bond motifs is 1. The number of para-hydroxylation sites is 1. The van der Waals surface area contributed by atoms with Crippen LogP contribution in [0.4, 0.5) is 0 Å². The van der Waals surface area contributed by atoms with Crippen LogP contribution >= 0.6 is 11.8 Å². The summed E-state index contributed by atoms with van der Waals surface area (Å²) in [5.74, 6) is -2.82. The first-order valence-electron chi connectivity index (χ1n) is 12.8. The summed E-state index contributed by atoms with van der Waals surface area (Å²) in [5.41, 5.74) is 12.7. The second-order valence-electron chi connectivity index (χ2n) is 9.61. The van der Waals surface area contributed by atoms with Crippen molar-refractivity contribution in [2.24, 2.45) is 11.5 Å². The Labute approximate surface area is 230 Å². The van der Waals surface area contributed by atoms with Crippen molar-refractivity contribution in [2.45, 2.75) is 62.7 Å². The van der Waals surface area contributed by atoms with E-state index >= 15 is 0 Å². The molecule has 212 valence electrons. The molecule has 3 rings (SSSR count). The molecule has 0 radical (unpaired) electrons. The topological polar surface area (TPSA) is 201 Å². The minimum Gasteiger partial charge on any atom is -0.480 e. The summed E-state index contributed by atoms with van der Waals surface area (Å²) in [6, 6.07) is 3.49. The van der Waals surface area contributed by atoms with Gasteiger partial charge in [-0.25, -0.2) is 4.79 Å². The maximum atomic E-state index is 13.7. The number of carboxylic acids is 1. The van der Waals surface area contributed by atoms with Gasteiger partial charge in [-0.3, -0.25) is 19.2 Å². The summed E-state index contributed by atoms with van der Waals surface area (Å²) in [6.45, 7) is 0.275. The quantitative estimate of drug-likeness (QED) is 0.187. The third-order valence-electron chi connectivity index (χ3n) is 6.82. The lowest BCUT2D eigenvalue weighted by Gasteiger charge is -2.29. The summed E-state index contributed by atoms with van der Waals surface area (Å²) in [5, 5.41) is 15.9. The highest BCUT2D eigenvalue weighted by Crippen LogP contribution is 2.23. The first-order chi connectivity index (χ1) is 18.6. The van der Waals surface area contributed by atoms with E-state index in [1.807, 2.05) is 30.5 Å². The molecule has 13 heteroatoms. The Morgan fingerprint density at radius 2 is 1.85 bits per heavy atom. The van der Waals surface area contributed by atoms with Gasteiger partial charge in [-0.1, -0.05) is 18.2 Å². The second kappa shape index (κ2) is 14.0. The SMILES string of the molecule is CSCCC(NC(=O)C(N)CCC(N)=O)C(=O)NC(Cc1c[nH]c2ccccc12)C(=O)N1CCCC1C(=O)O. The Bertz CT molecular complexity index is 1200. The number of carbonyl (C=O) groups is 5. The molecule has 0 aliphatic carbocycles. The molecule has 1 saturated heterocycles. The summed E-state index contributed by atoms with van der Waals surface area (Å²) >= 11 is 1.48. The van der Waals surface area contributed by atoms with Crippen LogP contribution in [0.1, 0.15) is 37.7 Å². The van der Waals surface area contributed by atoms with Crippen molar-refractivity contribution < 1.29 is 29.1 Å². The fourth-order valence-electron chi connectivity index (χ4n) is 4.69. The van der Waals surface area contributed by atoms with Crippen LogP contribution in [-0.4, -0.2) is 87.3 Å². The number of primary amides is 1. The lowest BCUT2D eigenvalue weighted by atomic mass is 10.0. The Morgan fingerprint density at radius 3 is 2.54 bits per heavy atom. The monoisotopic (exact) mass is 560 g/mol. The third kappa shape index (κ3) is 7.96. The van der Waals surface area contributed by atoms with Gasteiger partial charge in [0, 0.05) is 36.5 Å². The molecule has 1 aliphatic rings. The van der Waals surface area contributed by atoms with Crippen LogP contribution in [0.25, 0.3) is 10.9 Å². The normalized spacial score (nSPS) is 17.4. The molecule has 4 atom stereocenters. The molecule has 8 N–H and O–H groups in total. The lowest BCUT2D eigenvalue weighted by Crippen LogP contribution is -2.57. The van der Waals surface area contributed by atoms with E-state index in [0.29, 0.717) is 18.6 Å². The number of carbonyl (C=O) groups excluding carboxylic acids is 4. The lowest BCUT2D eigenvalue weighted by molar-refractivity contribution is -0.149. The van der Waals surface area contributed by atoms with Gasteiger partial charge >= 0.3 is 5.97 Å². The maximum absolute atomic E-state index is 13.7. The number of rotatable bonds is 14. The number of aromatic nitrogens is 1. The Morgan fingerprint density at radius 1 is 1.13 bits per heavy atom. The van der Waals surface area contributed by atoms with Gasteiger partial charge in [-0.2, -0.15) is 11.8 Å². The van der Waals surface area contributed by atoms with Crippen molar-refractivity contribution in [3.63, 3.8) is 0 Å². The Balaban J connectivity index is 1.83. The third-order valence-corrected chi connectivity index (χ3v) is 7.46. The number of aliphatic carboxylic acids is 1. The van der Waals surface area contributed by atoms with Crippen LogP contribution in [0, 0.1) is 0 Å². The summed E-state index contributed by atoms with van der Waals surface area (Å²) < 4.78 is 0. The molecule has 1 aromatic carbocycles. The molecule has 1 fully saturated rings. The molecule has 12 nitrogen and oxygen atoms in total. The zero-order valence-electron chi connectivity index (χ0n) is 21.9. The van der Waals surface area contributed by atoms with Gasteiger partial charge in [0.1, 0.15) is 18.1 Å². The standard InChI is InChI=1S/C26H36N6O6S/c1-39-12-10-19(30-23(34)17(27)8-9-22(28)33)24(35)31-20(25(36)32-11-4-7-21(32)26(37)38)13-15-14-29-18-6-3-2-5-16(15)18/h2-3,5-6,14,17,19-21,29H,4,7-13,27H2,1H3,(H2,28,33)(H,30,34)(H,31,35)(H,37,38). The average Bonchev–Trinajstić information content (AvgIpc) is 3.56. The predicted molar refractivity (Wildman–Crippen MR) is 148 cm³/mol. The fourth-order valence-corrected chi connectivity index (χ4v) is 5.16. The molecule has 2 heterocycles. The van der Waals surface area contributed by atoms with Crippen LogP contribution in [0.3, 0.4) is 0 Å². The van der Waals surface area contributed by atoms with Crippen molar-refractivity contribution >= 4 is 52.3 Å². The molecule has 4 unspecified atom stereocenters. The number of likely N-dealkylation sites (tertiary alicyclic amines) is 1. The first kappa shape index (κ1) is 30.0. The number of H-pyrrole nitrogens is 1. The molecule has 0 bridgehead atoms. The Kier molecular flexibility index (Phi) is 10.8. The smallest absolute Gasteiger partial charge is 0.326 e.